The Hall–Kier alpha value is -2.82. The van der Waals surface area contributed by atoms with E-state index < -0.39 is 0 Å². The minimum absolute atomic E-state index is 0.0139. The van der Waals surface area contributed by atoms with Gasteiger partial charge in [0.1, 0.15) is 0 Å². The standard InChI is InChI=1S/C21H23NO4/c1-14-4-5-15(2)17(12-14)18(23)7-9-21(24)22-16-6-8-19-20(13-16)26-11-3-10-25-19/h4-6,8,12-13H,3,7,9-11H2,1-2H3,(H,22,24). The molecule has 1 aliphatic rings. The van der Waals surface area contributed by atoms with E-state index in [1.165, 1.54) is 0 Å². The molecule has 0 saturated carbocycles. The molecule has 5 nitrogen and oxygen atoms in total. The highest BCUT2D eigenvalue weighted by Gasteiger charge is 2.14. The van der Waals surface area contributed by atoms with Gasteiger partial charge >= 0.3 is 0 Å². The second kappa shape index (κ2) is 8.04. The van der Waals surface area contributed by atoms with Crippen LogP contribution in [0.3, 0.4) is 0 Å². The number of amides is 1. The molecule has 1 heterocycles. The van der Waals surface area contributed by atoms with Crippen molar-refractivity contribution in [2.45, 2.75) is 33.1 Å². The van der Waals surface area contributed by atoms with Crippen LogP contribution < -0.4 is 14.8 Å². The summed E-state index contributed by atoms with van der Waals surface area (Å²) < 4.78 is 11.2. The molecule has 0 spiro atoms. The molecule has 3 rings (SSSR count). The van der Waals surface area contributed by atoms with Gasteiger partial charge in [-0.2, -0.15) is 0 Å². The monoisotopic (exact) mass is 353 g/mol. The molecular formula is C21H23NO4. The molecule has 0 bridgehead atoms. The van der Waals surface area contributed by atoms with E-state index in [-0.39, 0.29) is 24.5 Å². The average Bonchev–Trinajstić information content (AvgIpc) is 2.86. The maximum atomic E-state index is 12.4. The lowest BCUT2D eigenvalue weighted by molar-refractivity contribution is -0.116. The summed E-state index contributed by atoms with van der Waals surface area (Å²) in [7, 11) is 0. The zero-order chi connectivity index (χ0) is 18.5. The van der Waals surface area contributed by atoms with Crippen LogP contribution in [-0.4, -0.2) is 24.9 Å². The van der Waals surface area contributed by atoms with Crippen molar-refractivity contribution in [2.24, 2.45) is 0 Å². The van der Waals surface area contributed by atoms with Gasteiger partial charge in [0.2, 0.25) is 5.91 Å². The minimum Gasteiger partial charge on any atom is -0.490 e. The van der Waals surface area contributed by atoms with Crippen LogP contribution in [-0.2, 0) is 4.79 Å². The molecule has 2 aromatic carbocycles. The van der Waals surface area contributed by atoms with Crippen LogP contribution in [0, 0.1) is 13.8 Å². The normalized spacial score (nSPS) is 13.0. The smallest absolute Gasteiger partial charge is 0.224 e. The lowest BCUT2D eigenvalue weighted by Gasteiger charge is -2.10. The van der Waals surface area contributed by atoms with Crippen molar-refractivity contribution in [3.63, 3.8) is 0 Å². The lowest BCUT2D eigenvalue weighted by atomic mass is 9.99. The van der Waals surface area contributed by atoms with Crippen LogP contribution in [0.2, 0.25) is 0 Å². The Morgan fingerprint density at radius 3 is 2.54 bits per heavy atom. The number of benzene rings is 2. The number of carbonyl (C=O) groups excluding carboxylic acids is 2. The van der Waals surface area contributed by atoms with E-state index in [2.05, 4.69) is 5.32 Å². The van der Waals surface area contributed by atoms with Crippen LogP contribution in [0.4, 0.5) is 5.69 Å². The zero-order valence-corrected chi connectivity index (χ0v) is 15.1. The first-order chi connectivity index (χ1) is 12.5. The van der Waals surface area contributed by atoms with Gasteiger partial charge in [-0.1, -0.05) is 17.7 Å². The molecule has 136 valence electrons. The number of nitrogens with one attached hydrogen (secondary N) is 1. The van der Waals surface area contributed by atoms with Gasteiger partial charge in [0.15, 0.2) is 17.3 Å². The van der Waals surface area contributed by atoms with E-state index in [1.807, 2.05) is 32.0 Å². The maximum Gasteiger partial charge on any atom is 0.224 e. The Morgan fingerprint density at radius 2 is 1.73 bits per heavy atom. The predicted molar refractivity (Wildman–Crippen MR) is 100 cm³/mol. The highest BCUT2D eigenvalue weighted by atomic mass is 16.5. The van der Waals surface area contributed by atoms with Crippen molar-refractivity contribution < 1.29 is 19.1 Å². The van der Waals surface area contributed by atoms with Gasteiger partial charge in [0.05, 0.1) is 13.2 Å². The van der Waals surface area contributed by atoms with Gasteiger partial charge in [0.25, 0.3) is 0 Å². The van der Waals surface area contributed by atoms with Crippen LogP contribution in [0.15, 0.2) is 36.4 Å². The van der Waals surface area contributed by atoms with Crippen molar-refractivity contribution in [2.75, 3.05) is 18.5 Å². The number of anilines is 1. The van der Waals surface area contributed by atoms with E-state index in [1.54, 1.807) is 18.2 Å². The molecule has 0 saturated heterocycles. The van der Waals surface area contributed by atoms with Crippen LogP contribution >= 0.6 is 0 Å². The van der Waals surface area contributed by atoms with Gasteiger partial charge in [-0.3, -0.25) is 9.59 Å². The van der Waals surface area contributed by atoms with Crippen molar-refractivity contribution in [3.8, 4) is 11.5 Å². The summed E-state index contributed by atoms with van der Waals surface area (Å²) in [5, 5.41) is 2.82. The van der Waals surface area contributed by atoms with Gasteiger partial charge in [-0.25, -0.2) is 0 Å². The molecule has 0 atom stereocenters. The third-order valence-electron chi connectivity index (χ3n) is 4.30. The third-order valence-corrected chi connectivity index (χ3v) is 4.30. The second-order valence-electron chi connectivity index (χ2n) is 6.50. The van der Waals surface area contributed by atoms with E-state index in [9.17, 15) is 9.59 Å². The van der Waals surface area contributed by atoms with Crippen molar-refractivity contribution in [1.29, 1.82) is 0 Å². The number of fused-ring (bicyclic) bond motifs is 1. The Labute approximate surface area is 153 Å². The van der Waals surface area contributed by atoms with Crippen LogP contribution in [0.25, 0.3) is 0 Å². The molecule has 0 fully saturated rings. The summed E-state index contributed by atoms with van der Waals surface area (Å²) >= 11 is 0. The molecule has 0 radical (unpaired) electrons. The number of rotatable bonds is 5. The quantitative estimate of drug-likeness (QED) is 0.823. The molecule has 0 aliphatic carbocycles. The van der Waals surface area contributed by atoms with E-state index >= 15 is 0 Å². The molecule has 1 aliphatic heterocycles. The number of ether oxygens (including phenoxy) is 2. The number of ketones is 1. The van der Waals surface area contributed by atoms with E-state index in [0.717, 1.165) is 17.5 Å². The molecule has 0 aromatic heterocycles. The SMILES string of the molecule is Cc1ccc(C)c(C(=O)CCC(=O)Nc2ccc3c(c2)OCCCO3)c1. The fourth-order valence-corrected chi connectivity index (χ4v) is 2.86. The second-order valence-corrected chi connectivity index (χ2v) is 6.50. The first-order valence-corrected chi connectivity index (χ1v) is 8.83. The highest BCUT2D eigenvalue weighted by Crippen LogP contribution is 2.32. The third kappa shape index (κ3) is 4.42. The minimum atomic E-state index is -0.196. The molecule has 1 N–H and O–H groups in total. The van der Waals surface area contributed by atoms with Gasteiger partial charge in [-0.15, -0.1) is 0 Å². The molecule has 0 unspecified atom stereocenters. The number of carbonyl (C=O) groups is 2. The number of Topliss-reactive ketones (excluding diaryl/α,β-unsaturated/α-hetero) is 1. The number of hydrogen-bond acceptors (Lipinski definition) is 4. The summed E-state index contributed by atoms with van der Waals surface area (Å²) in [4.78, 5) is 24.6. The Kier molecular flexibility index (Phi) is 5.56. The van der Waals surface area contributed by atoms with Gasteiger partial charge in [0, 0.05) is 36.6 Å². The average molecular weight is 353 g/mol. The predicted octanol–water partition coefficient (Wildman–Crippen LogP) is 4.07. The van der Waals surface area contributed by atoms with Crippen molar-refractivity contribution in [1.82, 2.24) is 0 Å². The molecular weight excluding hydrogens is 330 g/mol. The lowest BCUT2D eigenvalue weighted by Crippen LogP contribution is -2.14. The zero-order valence-electron chi connectivity index (χ0n) is 15.1. The van der Waals surface area contributed by atoms with Crippen LogP contribution in [0.1, 0.15) is 40.7 Å². The van der Waals surface area contributed by atoms with Crippen LogP contribution in [0.5, 0.6) is 11.5 Å². The highest BCUT2D eigenvalue weighted by molar-refractivity contribution is 6.01. The van der Waals surface area contributed by atoms with E-state index in [0.29, 0.717) is 36.0 Å². The Bertz CT molecular complexity index is 829. The first kappa shape index (κ1) is 18.0. The summed E-state index contributed by atoms with van der Waals surface area (Å²) in [6.07, 6.45) is 1.15. The first-order valence-electron chi connectivity index (χ1n) is 8.83. The Morgan fingerprint density at radius 1 is 0.962 bits per heavy atom. The molecule has 5 heteroatoms. The molecule has 2 aromatic rings. The number of aryl methyl sites for hydroxylation is 2. The van der Waals surface area contributed by atoms with Gasteiger partial charge in [-0.05, 0) is 37.6 Å². The molecule has 26 heavy (non-hydrogen) atoms. The van der Waals surface area contributed by atoms with Crippen molar-refractivity contribution >= 4 is 17.4 Å². The summed E-state index contributed by atoms with van der Waals surface area (Å²) in [5.41, 5.74) is 3.30. The fourth-order valence-electron chi connectivity index (χ4n) is 2.86. The molecule has 1 amide bonds. The Balaban J connectivity index is 1.58. The van der Waals surface area contributed by atoms with Gasteiger partial charge < -0.3 is 14.8 Å². The summed E-state index contributed by atoms with van der Waals surface area (Å²) in [6, 6.07) is 11.1. The number of hydrogen-bond donors (Lipinski definition) is 1. The topological polar surface area (TPSA) is 64.6 Å². The summed E-state index contributed by atoms with van der Waals surface area (Å²) in [5.74, 6) is 1.11. The maximum absolute atomic E-state index is 12.4. The van der Waals surface area contributed by atoms with Crippen molar-refractivity contribution in [3.05, 3.63) is 53.1 Å². The summed E-state index contributed by atoms with van der Waals surface area (Å²) in [6.45, 7) is 5.07. The fraction of sp³-hybridized carbons (Fsp3) is 0.333. The van der Waals surface area contributed by atoms with E-state index in [4.69, 9.17) is 9.47 Å². The largest absolute Gasteiger partial charge is 0.490 e.